The first-order valence-corrected chi connectivity index (χ1v) is 6.67. The van der Waals surface area contributed by atoms with E-state index >= 15 is 0 Å². The molecule has 8 heteroatoms. The number of carbonyl (C=O) groups is 1. The monoisotopic (exact) mass is 305 g/mol. The molecule has 1 aromatic carbocycles. The molecular weight excluding hydrogens is 286 g/mol. The third-order valence-corrected chi connectivity index (χ3v) is 3.13. The number of hydrogen-bond acceptors (Lipinski definition) is 5. The molecule has 0 spiro atoms. The Bertz CT molecular complexity index is 649. The highest BCUT2D eigenvalue weighted by Gasteiger charge is 2.10. The zero-order valence-electron chi connectivity index (χ0n) is 13.0. The van der Waals surface area contributed by atoms with Gasteiger partial charge in [0.05, 0.1) is 14.2 Å². The summed E-state index contributed by atoms with van der Waals surface area (Å²) in [5.74, 6) is 2.34. The smallest absolute Gasteiger partial charge is 0.321 e. The van der Waals surface area contributed by atoms with Crippen molar-refractivity contribution < 1.29 is 14.3 Å². The molecule has 0 radical (unpaired) electrons. The molecule has 0 unspecified atom stereocenters. The first kappa shape index (κ1) is 15.6. The van der Waals surface area contributed by atoms with Gasteiger partial charge in [0.2, 0.25) is 5.95 Å². The number of amides is 2. The highest BCUT2D eigenvalue weighted by Crippen LogP contribution is 2.23. The quantitative estimate of drug-likeness (QED) is 0.873. The number of carbonyl (C=O) groups excluding carboxylic acids is 1. The van der Waals surface area contributed by atoms with E-state index in [2.05, 4.69) is 20.7 Å². The summed E-state index contributed by atoms with van der Waals surface area (Å²) in [5, 5.41) is 9.36. The van der Waals surface area contributed by atoms with Crippen LogP contribution in [0.5, 0.6) is 11.5 Å². The Balaban J connectivity index is 1.98. The molecule has 0 saturated heterocycles. The van der Waals surface area contributed by atoms with E-state index in [0.717, 1.165) is 5.56 Å². The van der Waals surface area contributed by atoms with Crippen molar-refractivity contribution in [2.24, 2.45) is 7.05 Å². The van der Waals surface area contributed by atoms with Gasteiger partial charge in [0.15, 0.2) is 0 Å². The number of methoxy groups -OCH3 is 2. The second-order valence-corrected chi connectivity index (χ2v) is 4.59. The van der Waals surface area contributed by atoms with Crippen LogP contribution in [0.4, 0.5) is 10.7 Å². The SMILES string of the molecule is COc1ccc(OC)c(CNC(=O)Nc2nc(C)n(C)n2)c1. The molecule has 0 saturated carbocycles. The van der Waals surface area contributed by atoms with Gasteiger partial charge < -0.3 is 14.8 Å². The molecule has 1 heterocycles. The lowest BCUT2D eigenvalue weighted by atomic mass is 10.2. The third kappa shape index (κ3) is 3.66. The van der Waals surface area contributed by atoms with Gasteiger partial charge in [-0.15, -0.1) is 5.10 Å². The van der Waals surface area contributed by atoms with Crippen molar-refractivity contribution in [2.75, 3.05) is 19.5 Å². The van der Waals surface area contributed by atoms with Crippen LogP contribution >= 0.6 is 0 Å². The van der Waals surface area contributed by atoms with Crippen LogP contribution in [0.3, 0.4) is 0 Å². The average molecular weight is 305 g/mol. The van der Waals surface area contributed by atoms with Gasteiger partial charge in [-0.25, -0.2) is 4.79 Å². The topological polar surface area (TPSA) is 90.3 Å². The number of benzene rings is 1. The van der Waals surface area contributed by atoms with Gasteiger partial charge in [-0.1, -0.05) is 0 Å². The predicted molar refractivity (Wildman–Crippen MR) is 81.1 cm³/mol. The Morgan fingerprint density at radius 1 is 1.32 bits per heavy atom. The van der Waals surface area contributed by atoms with E-state index in [1.54, 1.807) is 45.0 Å². The van der Waals surface area contributed by atoms with Crippen molar-refractivity contribution in [3.8, 4) is 11.5 Å². The maximum atomic E-state index is 11.9. The number of urea groups is 1. The van der Waals surface area contributed by atoms with E-state index in [4.69, 9.17) is 9.47 Å². The van der Waals surface area contributed by atoms with Gasteiger partial charge in [0.25, 0.3) is 0 Å². The molecule has 1 aromatic heterocycles. The van der Waals surface area contributed by atoms with Crippen LogP contribution in [0.15, 0.2) is 18.2 Å². The zero-order chi connectivity index (χ0) is 16.1. The number of ether oxygens (including phenoxy) is 2. The molecule has 8 nitrogen and oxygen atoms in total. The van der Waals surface area contributed by atoms with Crippen molar-refractivity contribution in [1.29, 1.82) is 0 Å². The summed E-state index contributed by atoms with van der Waals surface area (Å²) in [5.41, 5.74) is 0.808. The van der Waals surface area contributed by atoms with Gasteiger partial charge in [-0.2, -0.15) is 4.98 Å². The molecule has 118 valence electrons. The Morgan fingerprint density at radius 2 is 2.09 bits per heavy atom. The molecular formula is C14H19N5O3. The van der Waals surface area contributed by atoms with Gasteiger partial charge in [-0.05, 0) is 25.1 Å². The number of aromatic nitrogens is 3. The number of anilines is 1. The number of nitrogens with one attached hydrogen (secondary N) is 2. The second-order valence-electron chi connectivity index (χ2n) is 4.59. The highest BCUT2D eigenvalue weighted by molar-refractivity contribution is 5.87. The lowest BCUT2D eigenvalue weighted by Crippen LogP contribution is -2.28. The molecule has 0 atom stereocenters. The molecule has 0 aliphatic carbocycles. The van der Waals surface area contributed by atoms with E-state index in [0.29, 0.717) is 17.3 Å². The van der Waals surface area contributed by atoms with Crippen LogP contribution in [0, 0.1) is 6.92 Å². The zero-order valence-corrected chi connectivity index (χ0v) is 13.0. The normalized spacial score (nSPS) is 10.2. The molecule has 2 N–H and O–H groups in total. The molecule has 22 heavy (non-hydrogen) atoms. The van der Waals surface area contributed by atoms with Crippen molar-refractivity contribution in [1.82, 2.24) is 20.1 Å². The van der Waals surface area contributed by atoms with Crippen molar-refractivity contribution >= 4 is 12.0 Å². The highest BCUT2D eigenvalue weighted by atomic mass is 16.5. The van der Waals surface area contributed by atoms with Crippen LogP contribution in [-0.2, 0) is 13.6 Å². The van der Waals surface area contributed by atoms with Crippen LogP contribution in [-0.4, -0.2) is 35.0 Å². The van der Waals surface area contributed by atoms with Crippen LogP contribution < -0.4 is 20.1 Å². The van der Waals surface area contributed by atoms with Crippen molar-refractivity contribution in [2.45, 2.75) is 13.5 Å². The fourth-order valence-corrected chi connectivity index (χ4v) is 1.86. The average Bonchev–Trinajstić information content (AvgIpc) is 2.82. The van der Waals surface area contributed by atoms with Crippen LogP contribution in [0.1, 0.15) is 11.4 Å². The van der Waals surface area contributed by atoms with E-state index in [9.17, 15) is 4.79 Å². The lowest BCUT2D eigenvalue weighted by Gasteiger charge is -2.11. The Kier molecular flexibility index (Phi) is 4.82. The third-order valence-electron chi connectivity index (χ3n) is 3.13. The van der Waals surface area contributed by atoms with Gasteiger partial charge in [0.1, 0.15) is 17.3 Å². The molecule has 0 bridgehead atoms. The van der Waals surface area contributed by atoms with Crippen molar-refractivity contribution in [3.63, 3.8) is 0 Å². The number of nitrogens with zero attached hydrogens (tertiary/aromatic N) is 3. The summed E-state index contributed by atoms with van der Waals surface area (Å²) in [6.45, 7) is 2.09. The summed E-state index contributed by atoms with van der Waals surface area (Å²) in [6, 6.07) is 5.00. The van der Waals surface area contributed by atoms with Gasteiger partial charge in [0, 0.05) is 19.2 Å². The van der Waals surface area contributed by atoms with Gasteiger partial charge in [-0.3, -0.25) is 10.00 Å². The molecule has 0 aliphatic rings. The van der Waals surface area contributed by atoms with Crippen LogP contribution in [0.25, 0.3) is 0 Å². The molecule has 0 aliphatic heterocycles. The van der Waals surface area contributed by atoms with E-state index in [1.165, 1.54) is 0 Å². The summed E-state index contributed by atoms with van der Waals surface area (Å²) in [4.78, 5) is 16.0. The minimum Gasteiger partial charge on any atom is -0.497 e. The second kappa shape index (κ2) is 6.79. The maximum absolute atomic E-state index is 11.9. The Morgan fingerprint density at radius 3 is 2.68 bits per heavy atom. The molecule has 2 amide bonds. The molecule has 2 rings (SSSR count). The summed E-state index contributed by atoms with van der Waals surface area (Å²) < 4.78 is 12.0. The number of aryl methyl sites for hydroxylation is 2. The molecule has 0 fully saturated rings. The van der Waals surface area contributed by atoms with Crippen molar-refractivity contribution in [3.05, 3.63) is 29.6 Å². The molecule has 2 aromatic rings. The van der Waals surface area contributed by atoms with Crippen LogP contribution in [0.2, 0.25) is 0 Å². The Labute approximate surface area is 128 Å². The maximum Gasteiger partial charge on any atom is 0.321 e. The summed E-state index contributed by atoms with van der Waals surface area (Å²) >= 11 is 0. The fourth-order valence-electron chi connectivity index (χ4n) is 1.86. The number of hydrogen-bond donors (Lipinski definition) is 2. The number of rotatable bonds is 5. The van der Waals surface area contributed by atoms with E-state index in [-0.39, 0.29) is 12.5 Å². The minimum atomic E-state index is -0.393. The van der Waals surface area contributed by atoms with E-state index in [1.807, 2.05) is 6.07 Å². The largest absolute Gasteiger partial charge is 0.497 e. The summed E-state index contributed by atoms with van der Waals surface area (Å²) in [6.07, 6.45) is 0. The lowest BCUT2D eigenvalue weighted by molar-refractivity contribution is 0.251. The Hall–Kier alpha value is -2.77. The van der Waals surface area contributed by atoms with Gasteiger partial charge >= 0.3 is 6.03 Å². The minimum absolute atomic E-state index is 0.259. The first-order chi connectivity index (χ1) is 10.5. The predicted octanol–water partition coefficient (Wildman–Crippen LogP) is 1.46. The first-order valence-electron chi connectivity index (χ1n) is 6.67. The summed E-state index contributed by atoms with van der Waals surface area (Å²) in [7, 11) is 4.92. The van der Waals surface area contributed by atoms with E-state index < -0.39 is 6.03 Å². The standard InChI is InChI=1S/C14H19N5O3/c1-9-16-13(18-19(9)2)17-14(20)15-8-10-7-11(21-3)5-6-12(10)22-4/h5-7H,8H2,1-4H3,(H2,15,17,18,20). The fraction of sp³-hybridized carbons (Fsp3) is 0.357.